The van der Waals surface area contributed by atoms with Gasteiger partial charge in [0.25, 0.3) is 0 Å². The molecule has 4 nitrogen and oxygen atoms in total. The van der Waals surface area contributed by atoms with Crippen LogP contribution in [0.1, 0.15) is 6.42 Å². The lowest BCUT2D eigenvalue weighted by Gasteiger charge is -1.88. The van der Waals surface area contributed by atoms with E-state index in [9.17, 15) is 0 Å². The summed E-state index contributed by atoms with van der Waals surface area (Å²) in [4.78, 5) is 0. The summed E-state index contributed by atoms with van der Waals surface area (Å²) >= 11 is 0. The van der Waals surface area contributed by atoms with Gasteiger partial charge in [-0.1, -0.05) is 0 Å². The highest BCUT2D eigenvalue weighted by atomic mass is 15.3. The fraction of sp³-hybridized carbons (Fsp3) is 0.500. The minimum Gasteiger partial charge on any atom is -0.383 e. The van der Waals surface area contributed by atoms with Crippen LogP contribution in [0.3, 0.4) is 0 Å². The van der Waals surface area contributed by atoms with Crippen LogP contribution in [-0.4, -0.2) is 18.1 Å². The summed E-state index contributed by atoms with van der Waals surface area (Å²) < 4.78 is 0. The van der Waals surface area contributed by atoms with Gasteiger partial charge >= 0.3 is 0 Å². The lowest BCUT2D eigenvalue weighted by atomic mass is 10.3. The lowest BCUT2D eigenvalue weighted by molar-refractivity contribution is 0.813. The zero-order chi connectivity index (χ0) is 5.98. The van der Waals surface area contributed by atoms with E-state index >= 15 is 0 Å². The molecule has 0 spiro atoms. The molecule has 1 heterocycles. The van der Waals surface area contributed by atoms with Crippen molar-refractivity contribution < 1.29 is 0 Å². The summed E-state index contributed by atoms with van der Waals surface area (Å²) in [5, 5.41) is 10.7. The third-order valence-electron chi connectivity index (χ3n) is 0.999. The molecule has 0 fully saturated rings. The first-order chi connectivity index (χ1) is 3.80. The highest BCUT2D eigenvalue weighted by Gasteiger charge is 2.06. The smallest absolute Gasteiger partial charge is 0.139 e. The molecule has 44 valence electrons. The number of nitrogens with one attached hydrogen (secondary N) is 2. The molecule has 0 aromatic heterocycles. The zero-order valence-corrected chi connectivity index (χ0v) is 4.44. The average molecular weight is 112 g/mol. The van der Waals surface area contributed by atoms with Crippen molar-refractivity contribution >= 4 is 11.5 Å². The van der Waals surface area contributed by atoms with Gasteiger partial charge in [0.1, 0.15) is 11.5 Å². The molecule has 1 rings (SSSR count). The Hall–Kier alpha value is -1.06. The first-order valence-corrected chi connectivity index (χ1v) is 2.44. The largest absolute Gasteiger partial charge is 0.383 e. The van der Waals surface area contributed by atoms with Crippen molar-refractivity contribution in [3.8, 4) is 0 Å². The summed E-state index contributed by atoms with van der Waals surface area (Å²) in [6.07, 6.45) is 0.787. The number of nitrogens with two attached hydrogens (primary N) is 1. The monoisotopic (exact) mass is 112 g/mol. The molecule has 0 saturated heterocycles. The molecular weight excluding hydrogens is 104 g/mol. The standard InChI is InChI=1S/C4H8N4/c5-4(6)3-1-2-7-8-3/h7H,1-2H2,(H3,5,6). The van der Waals surface area contributed by atoms with Gasteiger partial charge in [0, 0.05) is 13.0 Å². The van der Waals surface area contributed by atoms with Crippen LogP contribution >= 0.6 is 0 Å². The Labute approximate surface area is 47.3 Å². The number of amidine groups is 1. The molecule has 0 amide bonds. The van der Waals surface area contributed by atoms with Gasteiger partial charge in [-0.2, -0.15) is 5.10 Å². The first-order valence-electron chi connectivity index (χ1n) is 2.44. The topological polar surface area (TPSA) is 74.3 Å². The van der Waals surface area contributed by atoms with E-state index in [0.717, 1.165) is 13.0 Å². The maximum atomic E-state index is 6.90. The predicted molar refractivity (Wildman–Crippen MR) is 32.0 cm³/mol. The molecule has 0 aromatic rings. The van der Waals surface area contributed by atoms with Crippen LogP contribution in [0.2, 0.25) is 0 Å². The molecule has 0 bridgehead atoms. The molecule has 0 unspecified atom stereocenters. The Morgan fingerprint density at radius 2 is 2.62 bits per heavy atom. The van der Waals surface area contributed by atoms with Crippen molar-refractivity contribution in [2.45, 2.75) is 6.42 Å². The number of hydrazone groups is 1. The molecule has 0 atom stereocenters. The van der Waals surface area contributed by atoms with Crippen molar-refractivity contribution in [1.29, 1.82) is 5.41 Å². The van der Waals surface area contributed by atoms with Crippen molar-refractivity contribution in [2.75, 3.05) is 6.54 Å². The van der Waals surface area contributed by atoms with E-state index in [2.05, 4.69) is 10.5 Å². The van der Waals surface area contributed by atoms with E-state index < -0.39 is 0 Å². The Bertz CT molecular complexity index is 137. The quantitative estimate of drug-likeness (QED) is 0.309. The van der Waals surface area contributed by atoms with Crippen LogP contribution in [0.15, 0.2) is 5.10 Å². The van der Waals surface area contributed by atoms with Crippen LogP contribution in [0.25, 0.3) is 0 Å². The van der Waals surface area contributed by atoms with Gasteiger partial charge in [-0.25, -0.2) is 0 Å². The fourth-order valence-electron chi connectivity index (χ4n) is 0.576. The second-order valence-corrected chi connectivity index (χ2v) is 1.63. The van der Waals surface area contributed by atoms with Gasteiger partial charge in [0.2, 0.25) is 0 Å². The van der Waals surface area contributed by atoms with Crippen molar-refractivity contribution in [3.63, 3.8) is 0 Å². The molecular formula is C4H8N4. The third-order valence-corrected chi connectivity index (χ3v) is 0.999. The number of rotatable bonds is 1. The van der Waals surface area contributed by atoms with Gasteiger partial charge < -0.3 is 11.2 Å². The van der Waals surface area contributed by atoms with Crippen LogP contribution in [-0.2, 0) is 0 Å². The summed E-state index contributed by atoms with van der Waals surface area (Å²) in [6.45, 7) is 0.814. The number of hydrogen-bond acceptors (Lipinski definition) is 3. The van der Waals surface area contributed by atoms with Crippen LogP contribution < -0.4 is 11.2 Å². The van der Waals surface area contributed by atoms with Crippen molar-refractivity contribution in [1.82, 2.24) is 5.43 Å². The Morgan fingerprint density at radius 1 is 1.88 bits per heavy atom. The van der Waals surface area contributed by atoms with E-state index in [1.54, 1.807) is 0 Å². The minimum atomic E-state index is 0.0787. The van der Waals surface area contributed by atoms with Crippen molar-refractivity contribution in [2.24, 2.45) is 10.8 Å². The van der Waals surface area contributed by atoms with Gasteiger partial charge in [-0.15, -0.1) is 0 Å². The maximum absolute atomic E-state index is 6.90. The summed E-state index contributed by atoms with van der Waals surface area (Å²) in [7, 11) is 0. The van der Waals surface area contributed by atoms with Gasteiger partial charge in [0.15, 0.2) is 0 Å². The maximum Gasteiger partial charge on any atom is 0.139 e. The summed E-state index contributed by atoms with van der Waals surface area (Å²) in [5.41, 5.74) is 8.50. The normalized spacial score (nSPS) is 17.2. The predicted octanol–water partition coefficient (Wildman–Crippen LogP) is -0.728. The molecule has 0 saturated carbocycles. The van der Waals surface area contributed by atoms with Crippen LogP contribution in [0.4, 0.5) is 0 Å². The van der Waals surface area contributed by atoms with E-state index in [-0.39, 0.29) is 5.84 Å². The molecule has 1 aliphatic rings. The third kappa shape index (κ3) is 0.776. The molecule has 0 aliphatic carbocycles. The molecule has 0 aromatic carbocycles. The van der Waals surface area contributed by atoms with E-state index in [1.807, 2.05) is 0 Å². The van der Waals surface area contributed by atoms with E-state index in [1.165, 1.54) is 0 Å². The molecule has 8 heavy (non-hydrogen) atoms. The number of nitrogens with zero attached hydrogens (tertiary/aromatic N) is 1. The Morgan fingerprint density at radius 3 is 2.88 bits per heavy atom. The summed E-state index contributed by atoms with van der Waals surface area (Å²) in [5.74, 6) is 0.0787. The molecule has 4 N–H and O–H groups in total. The first kappa shape index (κ1) is 5.08. The molecule has 4 heteroatoms. The molecule has 1 aliphatic heterocycles. The highest BCUT2D eigenvalue weighted by molar-refractivity contribution is 6.39. The summed E-state index contributed by atoms with van der Waals surface area (Å²) in [6, 6.07) is 0. The van der Waals surface area contributed by atoms with Crippen LogP contribution in [0, 0.1) is 5.41 Å². The number of hydrogen-bond donors (Lipinski definition) is 3. The van der Waals surface area contributed by atoms with E-state index in [4.69, 9.17) is 11.1 Å². The Kier molecular flexibility index (Phi) is 1.15. The van der Waals surface area contributed by atoms with Gasteiger partial charge in [-0.3, -0.25) is 5.41 Å². The van der Waals surface area contributed by atoms with Gasteiger partial charge in [0.05, 0.1) is 0 Å². The fourth-order valence-corrected chi connectivity index (χ4v) is 0.576. The molecule has 0 radical (unpaired) electrons. The van der Waals surface area contributed by atoms with Crippen LogP contribution in [0.5, 0.6) is 0 Å². The second kappa shape index (κ2) is 1.81. The average Bonchev–Trinajstić information content (AvgIpc) is 2.12. The lowest BCUT2D eigenvalue weighted by Crippen LogP contribution is -2.20. The van der Waals surface area contributed by atoms with E-state index in [0.29, 0.717) is 5.71 Å². The Balaban J connectivity index is 2.57. The van der Waals surface area contributed by atoms with Crippen molar-refractivity contribution in [3.05, 3.63) is 0 Å². The SMILES string of the molecule is N=C(N)C1=NNCC1. The minimum absolute atomic E-state index is 0.0787. The second-order valence-electron chi connectivity index (χ2n) is 1.63. The zero-order valence-electron chi connectivity index (χ0n) is 4.44. The highest BCUT2D eigenvalue weighted by Crippen LogP contribution is 1.90. The van der Waals surface area contributed by atoms with Gasteiger partial charge in [-0.05, 0) is 0 Å².